The van der Waals surface area contributed by atoms with Gasteiger partial charge in [0.15, 0.2) is 0 Å². The highest BCUT2D eigenvalue weighted by Crippen LogP contribution is 2.30. The lowest BCUT2D eigenvalue weighted by Gasteiger charge is -2.21. The van der Waals surface area contributed by atoms with Gasteiger partial charge in [0.1, 0.15) is 0 Å². The van der Waals surface area contributed by atoms with Gasteiger partial charge >= 0.3 is 12.1 Å². The van der Waals surface area contributed by atoms with Crippen molar-refractivity contribution in [3.05, 3.63) is 26.8 Å². The number of carbonyl (C=O) groups excluding carboxylic acids is 1. The Morgan fingerprint density at radius 2 is 2.00 bits per heavy atom. The van der Waals surface area contributed by atoms with Crippen LogP contribution in [0.5, 0.6) is 0 Å². The monoisotopic (exact) mass is 441 g/mol. The molecule has 4 nitrogen and oxygen atoms in total. The highest BCUT2D eigenvalue weighted by atomic mass is 127. The standard InChI is InChI=1S/C15H19F3IN3O/c16-15(17,18)14(23)22-8-4-10-2-3-12(19)13(11(10)5-9-22)21-7-1-6-20/h2-3,21H,1,4-9,20H2. The van der Waals surface area contributed by atoms with Crippen molar-refractivity contribution in [1.82, 2.24) is 4.90 Å². The molecule has 0 saturated carbocycles. The molecule has 1 aliphatic heterocycles. The highest BCUT2D eigenvalue weighted by molar-refractivity contribution is 14.1. The summed E-state index contributed by atoms with van der Waals surface area (Å²) in [5, 5.41) is 3.33. The number of carbonyl (C=O) groups is 1. The fraction of sp³-hybridized carbons (Fsp3) is 0.533. The normalized spacial score (nSPS) is 15.1. The van der Waals surface area contributed by atoms with Crippen LogP contribution in [0.3, 0.4) is 0 Å². The van der Waals surface area contributed by atoms with Crippen molar-refractivity contribution < 1.29 is 18.0 Å². The van der Waals surface area contributed by atoms with Gasteiger partial charge in [-0.3, -0.25) is 4.79 Å². The van der Waals surface area contributed by atoms with Crippen LogP contribution in [0.4, 0.5) is 18.9 Å². The smallest absolute Gasteiger partial charge is 0.384 e. The molecule has 3 N–H and O–H groups in total. The van der Waals surface area contributed by atoms with Crippen molar-refractivity contribution >= 4 is 34.2 Å². The molecule has 1 aromatic rings. The predicted molar refractivity (Wildman–Crippen MR) is 91.4 cm³/mol. The number of nitrogens with two attached hydrogens (primary N) is 1. The molecule has 1 amide bonds. The van der Waals surface area contributed by atoms with Crippen LogP contribution in [-0.4, -0.2) is 43.2 Å². The van der Waals surface area contributed by atoms with E-state index in [1.807, 2.05) is 12.1 Å². The second kappa shape index (κ2) is 7.69. The number of anilines is 1. The average Bonchev–Trinajstić information content (AvgIpc) is 2.70. The van der Waals surface area contributed by atoms with E-state index in [9.17, 15) is 18.0 Å². The maximum atomic E-state index is 12.6. The third kappa shape index (κ3) is 4.50. The van der Waals surface area contributed by atoms with Crippen molar-refractivity contribution in [2.75, 3.05) is 31.5 Å². The molecule has 1 aliphatic rings. The highest BCUT2D eigenvalue weighted by Gasteiger charge is 2.42. The third-order valence-electron chi connectivity index (χ3n) is 3.85. The van der Waals surface area contributed by atoms with Gasteiger partial charge in [0.2, 0.25) is 0 Å². The number of hydrogen-bond acceptors (Lipinski definition) is 3. The summed E-state index contributed by atoms with van der Waals surface area (Å²) in [5.41, 5.74) is 8.45. The zero-order valence-electron chi connectivity index (χ0n) is 12.5. The Morgan fingerprint density at radius 3 is 2.65 bits per heavy atom. The molecule has 0 bridgehead atoms. The number of nitrogens with zero attached hydrogens (tertiary/aromatic N) is 1. The lowest BCUT2D eigenvalue weighted by atomic mass is 10.0. The minimum absolute atomic E-state index is 0.0804. The zero-order valence-corrected chi connectivity index (χ0v) is 14.7. The van der Waals surface area contributed by atoms with Crippen molar-refractivity contribution in [2.24, 2.45) is 5.73 Å². The van der Waals surface area contributed by atoms with Crippen LogP contribution in [0.2, 0.25) is 0 Å². The molecule has 23 heavy (non-hydrogen) atoms. The number of hydrogen-bond donors (Lipinski definition) is 2. The maximum Gasteiger partial charge on any atom is 0.471 e. The minimum atomic E-state index is -4.81. The fourth-order valence-corrected chi connectivity index (χ4v) is 3.38. The number of nitrogens with one attached hydrogen (secondary N) is 1. The van der Waals surface area contributed by atoms with Gasteiger partial charge in [-0.25, -0.2) is 0 Å². The molecule has 0 atom stereocenters. The summed E-state index contributed by atoms with van der Waals surface area (Å²) in [4.78, 5) is 12.4. The fourth-order valence-electron chi connectivity index (χ4n) is 2.69. The second-order valence-corrected chi connectivity index (χ2v) is 6.58. The molecule has 128 valence electrons. The molecular weight excluding hydrogens is 422 g/mol. The molecule has 0 radical (unpaired) electrons. The van der Waals surface area contributed by atoms with Crippen molar-refractivity contribution in [3.63, 3.8) is 0 Å². The van der Waals surface area contributed by atoms with Gasteiger partial charge in [0, 0.05) is 23.2 Å². The van der Waals surface area contributed by atoms with Gasteiger partial charge < -0.3 is 16.0 Å². The van der Waals surface area contributed by atoms with Gasteiger partial charge in [0.05, 0.1) is 5.69 Å². The number of alkyl halides is 3. The molecule has 0 fully saturated rings. The summed E-state index contributed by atoms with van der Waals surface area (Å²) in [6.07, 6.45) is -3.15. The van der Waals surface area contributed by atoms with E-state index in [1.165, 1.54) is 0 Å². The van der Waals surface area contributed by atoms with Crippen molar-refractivity contribution in [1.29, 1.82) is 0 Å². The van der Waals surface area contributed by atoms with E-state index >= 15 is 0 Å². The Labute approximate surface area is 146 Å². The topological polar surface area (TPSA) is 58.4 Å². The first-order valence-electron chi connectivity index (χ1n) is 7.45. The molecule has 2 rings (SSSR count). The van der Waals surface area contributed by atoms with E-state index in [0.29, 0.717) is 25.9 Å². The molecular formula is C15H19F3IN3O. The quantitative estimate of drug-likeness (QED) is 0.558. The molecule has 0 saturated heterocycles. The number of benzene rings is 1. The summed E-state index contributed by atoms with van der Waals surface area (Å²) in [6.45, 7) is 1.46. The molecule has 0 spiro atoms. The number of rotatable bonds is 4. The van der Waals surface area contributed by atoms with Crippen LogP contribution in [-0.2, 0) is 17.6 Å². The van der Waals surface area contributed by atoms with E-state index in [0.717, 1.165) is 31.7 Å². The minimum Gasteiger partial charge on any atom is -0.384 e. The van der Waals surface area contributed by atoms with Gasteiger partial charge in [-0.05, 0) is 65.6 Å². The Kier molecular flexibility index (Phi) is 6.12. The van der Waals surface area contributed by atoms with Gasteiger partial charge in [-0.1, -0.05) is 6.07 Å². The summed E-state index contributed by atoms with van der Waals surface area (Å²) in [5.74, 6) is -1.75. The Balaban J connectivity index is 2.19. The Hall–Kier alpha value is -1.03. The van der Waals surface area contributed by atoms with Crippen LogP contribution in [0, 0.1) is 3.57 Å². The predicted octanol–water partition coefficient (Wildman–Crippen LogP) is 2.54. The Morgan fingerprint density at radius 1 is 1.30 bits per heavy atom. The van der Waals surface area contributed by atoms with Gasteiger partial charge in [-0.15, -0.1) is 0 Å². The number of fused-ring (bicyclic) bond motifs is 1. The van der Waals surface area contributed by atoms with Crippen LogP contribution in [0.15, 0.2) is 12.1 Å². The van der Waals surface area contributed by atoms with Gasteiger partial charge in [-0.2, -0.15) is 13.2 Å². The van der Waals surface area contributed by atoms with Crippen molar-refractivity contribution in [3.8, 4) is 0 Å². The molecule has 1 aromatic carbocycles. The molecule has 1 heterocycles. The SMILES string of the molecule is NCCCNc1c(I)ccc2c1CCN(C(=O)C(F)(F)F)CC2. The lowest BCUT2D eigenvalue weighted by molar-refractivity contribution is -0.185. The van der Waals surface area contributed by atoms with E-state index in [2.05, 4.69) is 27.9 Å². The largest absolute Gasteiger partial charge is 0.471 e. The first kappa shape index (κ1) is 18.3. The molecule has 0 unspecified atom stereocenters. The molecule has 0 aromatic heterocycles. The maximum absolute atomic E-state index is 12.6. The van der Waals surface area contributed by atoms with Crippen LogP contribution < -0.4 is 11.1 Å². The summed E-state index contributed by atoms with van der Waals surface area (Å²) >= 11 is 2.21. The first-order chi connectivity index (χ1) is 10.8. The van der Waals surface area contributed by atoms with E-state index in [1.54, 1.807) is 0 Å². The van der Waals surface area contributed by atoms with Crippen LogP contribution in [0.25, 0.3) is 0 Å². The third-order valence-corrected chi connectivity index (χ3v) is 4.75. The van der Waals surface area contributed by atoms with Crippen molar-refractivity contribution in [2.45, 2.75) is 25.4 Å². The summed E-state index contributed by atoms with van der Waals surface area (Å²) < 4.78 is 38.9. The first-order valence-corrected chi connectivity index (χ1v) is 8.52. The molecule has 0 aliphatic carbocycles. The van der Waals surface area contributed by atoms with E-state index in [4.69, 9.17) is 5.73 Å². The van der Waals surface area contributed by atoms with E-state index < -0.39 is 12.1 Å². The number of halogens is 4. The second-order valence-electron chi connectivity index (χ2n) is 5.42. The number of amides is 1. The summed E-state index contributed by atoms with van der Waals surface area (Å²) in [6, 6.07) is 3.89. The Bertz CT molecular complexity index is 578. The molecule has 8 heteroatoms. The van der Waals surface area contributed by atoms with Gasteiger partial charge in [0.25, 0.3) is 0 Å². The zero-order chi connectivity index (χ0) is 17.0. The van der Waals surface area contributed by atoms with E-state index in [-0.39, 0.29) is 13.1 Å². The average molecular weight is 441 g/mol. The summed E-state index contributed by atoms with van der Waals surface area (Å²) in [7, 11) is 0. The lowest BCUT2D eigenvalue weighted by Crippen LogP contribution is -2.42. The van der Waals surface area contributed by atoms with Crippen LogP contribution >= 0.6 is 22.6 Å². The van der Waals surface area contributed by atoms with Crippen LogP contribution in [0.1, 0.15) is 17.5 Å².